The summed E-state index contributed by atoms with van der Waals surface area (Å²) in [6.45, 7) is 8.23. The number of guanidine groups is 1. The zero-order chi connectivity index (χ0) is 19.5. The van der Waals surface area contributed by atoms with E-state index in [9.17, 15) is 5.11 Å². The molecule has 1 unspecified atom stereocenters. The second kappa shape index (κ2) is 11.0. The molecule has 2 rings (SSSR count). The molecule has 1 aromatic rings. The third-order valence-electron chi connectivity index (χ3n) is 4.75. The summed E-state index contributed by atoms with van der Waals surface area (Å²) in [5.74, 6) is 2.21. The quantitative estimate of drug-likeness (QED) is 0.426. The van der Waals surface area contributed by atoms with Gasteiger partial charge in [-0.05, 0) is 44.4 Å². The summed E-state index contributed by atoms with van der Waals surface area (Å²) in [7, 11) is 1.64. The highest BCUT2D eigenvalue weighted by Gasteiger charge is 2.34. The van der Waals surface area contributed by atoms with Crippen LogP contribution in [0.25, 0.3) is 0 Å². The van der Waals surface area contributed by atoms with Gasteiger partial charge in [0.15, 0.2) is 17.5 Å². The number of hydrogen-bond acceptors (Lipinski definition) is 5. The van der Waals surface area contributed by atoms with Gasteiger partial charge >= 0.3 is 0 Å². The molecule has 0 amide bonds. The van der Waals surface area contributed by atoms with Crippen LogP contribution in [0.15, 0.2) is 23.2 Å². The van der Waals surface area contributed by atoms with E-state index in [0.717, 1.165) is 49.8 Å². The molecule has 7 heteroatoms. The fraction of sp³-hybridized carbons (Fsp3) is 0.650. The van der Waals surface area contributed by atoms with Crippen LogP contribution in [0.5, 0.6) is 11.5 Å². The van der Waals surface area contributed by atoms with E-state index < -0.39 is 0 Å². The number of ether oxygens (including phenoxy) is 3. The molecular formula is C20H33N3O4. The van der Waals surface area contributed by atoms with Crippen molar-refractivity contribution >= 4 is 5.96 Å². The lowest BCUT2D eigenvalue weighted by Gasteiger charge is -2.27. The molecule has 0 bridgehead atoms. The number of nitrogens with one attached hydrogen (secondary N) is 2. The third kappa shape index (κ3) is 6.29. The minimum atomic E-state index is -0.0205. The Balaban J connectivity index is 2.02. The lowest BCUT2D eigenvalue weighted by Crippen LogP contribution is -2.44. The number of aliphatic imine (C=N–C) groups is 1. The molecule has 0 spiro atoms. The number of benzene rings is 1. The molecule has 1 atom stereocenters. The number of methoxy groups -OCH3 is 1. The van der Waals surface area contributed by atoms with Gasteiger partial charge in [0, 0.05) is 31.7 Å². The first-order valence-electron chi connectivity index (χ1n) is 9.67. The monoisotopic (exact) mass is 379 g/mol. The van der Waals surface area contributed by atoms with Crippen LogP contribution in [0.4, 0.5) is 0 Å². The second-order valence-electron chi connectivity index (χ2n) is 6.74. The summed E-state index contributed by atoms with van der Waals surface area (Å²) in [4.78, 5) is 4.68. The van der Waals surface area contributed by atoms with Gasteiger partial charge in [-0.1, -0.05) is 6.07 Å². The predicted molar refractivity (Wildman–Crippen MR) is 107 cm³/mol. The topological polar surface area (TPSA) is 84.3 Å². The maximum absolute atomic E-state index is 9.37. The van der Waals surface area contributed by atoms with Gasteiger partial charge in [0.2, 0.25) is 0 Å². The van der Waals surface area contributed by atoms with Crippen LogP contribution in [0, 0.1) is 5.41 Å². The number of rotatable bonds is 10. The maximum Gasteiger partial charge on any atom is 0.191 e. The molecule has 1 heterocycles. The van der Waals surface area contributed by atoms with Crippen LogP contribution in [0.3, 0.4) is 0 Å². The Morgan fingerprint density at radius 3 is 2.78 bits per heavy atom. The average Bonchev–Trinajstić information content (AvgIpc) is 3.14. The van der Waals surface area contributed by atoms with Crippen LogP contribution in [-0.4, -0.2) is 57.7 Å². The van der Waals surface area contributed by atoms with Gasteiger partial charge in [-0.15, -0.1) is 0 Å². The van der Waals surface area contributed by atoms with E-state index in [1.807, 2.05) is 32.0 Å². The molecule has 0 radical (unpaired) electrons. The predicted octanol–water partition coefficient (Wildman–Crippen LogP) is 1.94. The van der Waals surface area contributed by atoms with Crippen molar-refractivity contribution in [2.45, 2.75) is 33.2 Å². The van der Waals surface area contributed by atoms with Gasteiger partial charge < -0.3 is 30.0 Å². The fourth-order valence-electron chi connectivity index (χ4n) is 3.18. The molecule has 0 aromatic heterocycles. The van der Waals surface area contributed by atoms with E-state index >= 15 is 0 Å². The number of hydrogen-bond donors (Lipinski definition) is 3. The van der Waals surface area contributed by atoms with Crippen LogP contribution < -0.4 is 20.1 Å². The number of aliphatic hydroxyl groups excluding tert-OH is 1. The molecule has 0 saturated carbocycles. The molecule has 0 aliphatic carbocycles. The van der Waals surface area contributed by atoms with E-state index in [4.69, 9.17) is 14.2 Å². The summed E-state index contributed by atoms with van der Waals surface area (Å²) in [5, 5.41) is 16.1. The molecule has 1 aliphatic rings. The van der Waals surface area contributed by atoms with Gasteiger partial charge in [-0.3, -0.25) is 0 Å². The van der Waals surface area contributed by atoms with Crippen LogP contribution in [0.1, 0.15) is 32.3 Å². The van der Waals surface area contributed by atoms with Gasteiger partial charge in [-0.2, -0.15) is 0 Å². The molecule has 3 N–H and O–H groups in total. The molecule has 1 aliphatic heterocycles. The highest BCUT2D eigenvalue weighted by Crippen LogP contribution is 2.31. The van der Waals surface area contributed by atoms with Crippen molar-refractivity contribution in [1.82, 2.24) is 10.6 Å². The Labute approximate surface area is 162 Å². The van der Waals surface area contributed by atoms with Gasteiger partial charge in [-0.25, -0.2) is 4.99 Å². The molecule has 27 heavy (non-hydrogen) atoms. The van der Waals surface area contributed by atoms with E-state index in [2.05, 4.69) is 15.6 Å². The van der Waals surface area contributed by atoms with E-state index in [-0.39, 0.29) is 12.0 Å². The fourth-order valence-corrected chi connectivity index (χ4v) is 3.18. The largest absolute Gasteiger partial charge is 0.493 e. The van der Waals surface area contributed by atoms with Crippen molar-refractivity contribution in [3.05, 3.63) is 23.8 Å². The normalized spacial score (nSPS) is 19.8. The maximum atomic E-state index is 9.37. The Kier molecular flexibility index (Phi) is 8.67. The third-order valence-corrected chi connectivity index (χ3v) is 4.75. The lowest BCUT2D eigenvalue weighted by atomic mass is 9.84. The summed E-state index contributed by atoms with van der Waals surface area (Å²) < 4.78 is 16.5. The van der Waals surface area contributed by atoms with Crippen molar-refractivity contribution in [3.63, 3.8) is 0 Å². The number of nitrogens with zero attached hydrogens (tertiary/aromatic N) is 1. The van der Waals surface area contributed by atoms with Crippen LogP contribution in [-0.2, 0) is 11.3 Å². The smallest absolute Gasteiger partial charge is 0.191 e. The second-order valence-corrected chi connectivity index (χ2v) is 6.74. The van der Waals surface area contributed by atoms with Gasteiger partial charge in [0.25, 0.3) is 0 Å². The first-order valence-corrected chi connectivity index (χ1v) is 9.67. The van der Waals surface area contributed by atoms with Crippen LogP contribution >= 0.6 is 0 Å². The Bertz CT molecular complexity index is 601. The molecule has 1 fully saturated rings. The first kappa shape index (κ1) is 21.3. The summed E-state index contributed by atoms with van der Waals surface area (Å²) in [6, 6.07) is 5.87. The Hall–Kier alpha value is -1.99. The van der Waals surface area contributed by atoms with Gasteiger partial charge in [0.05, 0.1) is 26.9 Å². The Morgan fingerprint density at radius 2 is 2.15 bits per heavy atom. The minimum absolute atomic E-state index is 0.0205. The zero-order valence-electron chi connectivity index (χ0n) is 16.7. The summed E-state index contributed by atoms with van der Waals surface area (Å²) in [6.07, 6.45) is 1.69. The van der Waals surface area contributed by atoms with Gasteiger partial charge in [0.1, 0.15) is 0 Å². The van der Waals surface area contributed by atoms with E-state index in [0.29, 0.717) is 25.5 Å². The van der Waals surface area contributed by atoms with Crippen molar-refractivity contribution in [1.29, 1.82) is 0 Å². The number of aliphatic hydroxyl groups is 1. The van der Waals surface area contributed by atoms with Crippen molar-refractivity contribution in [2.75, 3.05) is 46.6 Å². The first-order chi connectivity index (χ1) is 13.2. The zero-order valence-corrected chi connectivity index (χ0v) is 16.7. The molecule has 1 saturated heterocycles. The summed E-state index contributed by atoms with van der Waals surface area (Å²) in [5.41, 5.74) is 1.02. The average molecular weight is 380 g/mol. The lowest BCUT2D eigenvalue weighted by molar-refractivity contribution is 0.127. The van der Waals surface area contributed by atoms with E-state index in [1.165, 1.54) is 0 Å². The van der Waals surface area contributed by atoms with Crippen molar-refractivity contribution in [2.24, 2.45) is 10.4 Å². The SMILES string of the molecule is CCNC(=NCc1ccc(OCC)c(OC)c1)NCC1(CCO)CCOC1. The highest BCUT2D eigenvalue weighted by atomic mass is 16.5. The molecular weight excluding hydrogens is 346 g/mol. The Morgan fingerprint density at radius 1 is 1.30 bits per heavy atom. The molecule has 152 valence electrons. The highest BCUT2D eigenvalue weighted by molar-refractivity contribution is 5.79. The van der Waals surface area contributed by atoms with E-state index in [1.54, 1.807) is 7.11 Å². The van der Waals surface area contributed by atoms with Crippen molar-refractivity contribution < 1.29 is 19.3 Å². The minimum Gasteiger partial charge on any atom is -0.493 e. The standard InChI is InChI=1S/C20H33N3O4/c1-4-21-19(23-14-20(8-10-24)9-11-26-15-20)22-13-16-6-7-17(27-5-2)18(12-16)25-3/h6-7,12,24H,4-5,8-11,13-15H2,1-3H3,(H2,21,22,23). The molecule has 7 nitrogen and oxygen atoms in total. The molecule has 1 aromatic carbocycles. The van der Waals surface area contributed by atoms with Crippen LogP contribution in [0.2, 0.25) is 0 Å². The summed E-state index contributed by atoms with van der Waals surface area (Å²) >= 11 is 0. The van der Waals surface area contributed by atoms with Crippen molar-refractivity contribution in [3.8, 4) is 11.5 Å².